The SMILES string of the molecule is CC(C)N(C(C)C)P(C(=N)c1[c-]cccc1)N(C(C)C)C(C)C.[CH]1[CH][CH][CH][CH]1.[CH]1[CH][CH][CH][CH]1.[NH-]c1ccccc1.[Zr+4]. The van der Waals surface area contributed by atoms with Crippen LogP contribution in [0.3, 0.4) is 0 Å². The van der Waals surface area contributed by atoms with E-state index in [0.29, 0.717) is 35.3 Å². The quantitative estimate of drug-likeness (QED) is 0.176. The van der Waals surface area contributed by atoms with E-state index in [0.717, 1.165) is 5.56 Å². The van der Waals surface area contributed by atoms with Crippen molar-refractivity contribution in [2.24, 2.45) is 0 Å². The van der Waals surface area contributed by atoms with Crippen LogP contribution in [0, 0.1) is 75.7 Å². The third kappa shape index (κ3) is 16.5. The molecule has 2 aliphatic rings. The molecule has 41 heavy (non-hydrogen) atoms. The fourth-order valence-corrected chi connectivity index (χ4v) is 6.95. The molecule has 2 fully saturated rings. The molecule has 0 atom stereocenters. The summed E-state index contributed by atoms with van der Waals surface area (Å²) in [6.45, 7) is 17.9. The van der Waals surface area contributed by atoms with E-state index in [9.17, 15) is 0 Å². The summed E-state index contributed by atoms with van der Waals surface area (Å²) in [4.78, 5) is 0. The average molecular weight is 648 g/mol. The van der Waals surface area contributed by atoms with Crippen LogP contribution >= 0.6 is 8.22 Å². The van der Waals surface area contributed by atoms with E-state index in [1.807, 2.05) is 107 Å². The molecule has 0 unspecified atom stereocenters. The first-order valence-corrected chi connectivity index (χ1v) is 15.3. The fraction of sp³-hybridized carbons (Fsp3) is 0.343. The second-order valence-corrected chi connectivity index (χ2v) is 12.3. The molecule has 2 saturated carbocycles. The van der Waals surface area contributed by atoms with Gasteiger partial charge in [0.25, 0.3) is 0 Å². The monoisotopic (exact) mass is 646 g/mol. The Morgan fingerprint density at radius 3 is 1.20 bits per heavy atom. The Morgan fingerprint density at radius 2 is 0.951 bits per heavy atom. The number of benzene rings is 2. The molecular formula is C35H49N4PZr+2. The summed E-state index contributed by atoms with van der Waals surface area (Å²) in [5.74, 6) is 0. The first kappa shape index (κ1) is 40.1. The van der Waals surface area contributed by atoms with Crippen molar-refractivity contribution in [3.8, 4) is 0 Å². The topological polar surface area (TPSA) is 54.1 Å². The minimum Gasteiger partial charge on any atom is -0.699 e. The molecular weight excluding hydrogens is 599 g/mol. The summed E-state index contributed by atoms with van der Waals surface area (Å²) in [7, 11) is -0.864. The second kappa shape index (κ2) is 23.6. The maximum Gasteiger partial charge on any atom is 4.00 e. The van der Waals surface area contributed by atoms with Gasteiger partial charge in [0.05, 0.1) is 0 Å². The van der Waals surface area contributed by atoms with Gasteiger partial charge < -0.3 is 11.1 Å². The van der Waals surface area contributed by atoms with Crippen molar-refractivity contribution in [2.75, 3.05) is 0 Å². The molecule has 2 aromatic rings. The van der Waals surface area contributed by atoms with Gasteiger partial charge in [-0.3, -0.25) is 9.34 Å². The minimum atomic E-state index is -0.864. The van der Waals surface area contributed by atoms with Crippen LogP contribution in [0.5, 0.6) is 0 Å². The van der Waals surface area contributed by atoms with E-state index in [1.165, 1.54) is 0 Å². The predicted octanol–water partition coefficient (Wildman–Crippen LogP) is 9.77. The van der Waals surface area contributed by atoms with Crippen LogP contribution < -0.4 is 0 Å². The van der Waals surface area contributed by atoms with Gasteiger partial charge in [-0.05, 0) is 120 Å². The van der Waals surface area contributed by atoms with Crippen LogP contribution in [-0.4, -0.2) is 39.0 Å². The number of hydrogen-bond acceptors (Lipinski definition) is 3. The van der Waals surface area contributed by atoms with Gasteiger partial charge in [-0.1, -0.05) is 30.3 Å². The van der Waals surface area contributed by atoms with Crippen LogP contribution in [0.2, 0.25) is 0 Å². The number of hydrogen-bond donors (Lipinski definition) is 1. The van der Waals surface area contributed by atoms with Crippen molar-refractivity contribution < 1.29 is 26.2 Å². The molecule has 0 aromatic heterocycles. The molecule has 6 heteroatoms. The molecule has 2 aliphatic carbocycles. The Labute approximate surface area is 274 Å². The first-order valence-electron chi connectivity index (χ1n) is 14.1. The van der Waals surface area contributed by atoms with Gasteiger partial charge in [-0.15, -0.1) is 41.6 Å². The maximum absolute atomic E-state index is 8.94. The Hall–Kier alpha value is -0.857. The fourth-order valence-electron chi connectivity index (χ4n) is 4.15. The average Bonchev–Trinajstić information content (AvgIpc) is 3.68. The standard InChI is InChI=1S/C19H33N3P.C6H6N.2C5H5.Zr/c1-14(2)21(15(3)4)23(22(16(5)6)17(7)8)19(20)18-12-10-9-11-13-18;7-6-4-2-1-3-5-6;2*1-2-4-5-3-1;/h9-12,14-17,20H,1-8H3;1-5,7H;2*1-5H;/q2*-1;;;+4. The van der Waals surface area contributed by atoms with Gasteiger partial charge in [0, 0.05) is 37.8 Å². The number of nitrogens with zero attached hydrogens (tertiary/aromatic N) is 2. The van der Waals surface area contributed by atoms with Gasteiger partial charge in [0.1, 0.15) is 0 Å². The van der Waals surface area contributed by atoms with Gasteiger partial charge >= 0.3 is 26.2 Å². The zero-order chi connectivity index (χ0) is 29.9. The summed E-state index contributed by atoms with van der Waals surface area (Å²) in [5.41, 5.74) is 9.18. The Morgan fingerprint density at radius 1 is 0.610 bits per heavy atom. The molecule has 216 valence electrons. The molecule has 4 rings (SSSR count). The number of rotatable bonds is 8. The smallest absolute Gasteiger partial charge is 0.699 e. The normalized spacial score (nSPS) is 14.4. The summed E-state index contributed by atoms with van der Waals surface area (Å²) in [6.07, 6.45) is 20.0. The van der Waals surface area contributed by atoms with Gasteiger partial charge in [0.15, 0.2) is 0 Å². The summed E-state index contributed by atoms with van der Waals surface area (Å²) >= 11 is 0. The second-order valence-electron chi connectivity index (χ2n) is 10.3. The van der Waals surface area contributed by atoms with E-state index in [1.54, 1.807) is 12.1 Å². The van der Waals surface area contributed by atoms with Gasteiger partial charge in [0.2, 0.25) is 0 Å². The van der Waals surface area contributed by atoms with Crippen molar-refractivity contribution in [1.82, 2.24) is 9.34 Å². The van der Waals surface area contributed by atoms with E-state index in [2.05, 4.69) is 70.8 Å². The van der Waals surface area contributed by atoms with Crippen LogP contribution in [-0.2, 0) is 26.2 Å². The molecule has 2 N–H and O–H groups in total. The largest absolute Gasteiger partial charge is 4.00 e. The molecule has 0 aliphatic heterocycles. The Bertz CT molecular complexity index is 820. The molecule has 0 heterocycles. The zero-order valence-electron chi connectivity index (χ0n) is 26.1. The van der Waals surface area contributed by atoms with Crippen molar-refractivity contribution in [2.45, 2.75) is 79.6 Å². The third-order valence-electron chi connectivity index (χ3n) is 5.60. The van der Waals surface area contributed by atoms with E-state index < -0.39 is 8.22 Å². The van der Waals surface area contributed by atoms with Crippen LogP contribution in [0.1, 0.15) is 61.0 Å². The maximum atomic E-state index is 8.94. The Balaban J connectivity index is 0.000000705. The summed E-state index contributed by atoms with van der Waals surface area (Å²) in [6, 6.07) is 21.8. The van der Waals surface area contributed by atoms with Crippen molar-refractivity contribution >= 4 is 19.4 Å². The molecule has 2 aromatic carbocycles. The molecule has 0 saturated heterocycles. The van der Waals surface area contributed by atoms with Crippen LogP contribution in [0.25, 0.3) is 5.73 Å². The Kier molecular flexibility index (Phi) is 23.1. The predicted molar refractivity (Wildman–Crippen MR) is 177 cm³/mol. The third-order valence-corrected chi connectivity index (χ3v) is 8.97. The van der Waals surface area contributed by atoms with Crippen LogP contribution in [0.4, 0.5) is 5.69 Å². The molecule has 0 spiro atoms. The van der Waals surface area contributed by atoms with E-state index in [-0.39, 0.29) is 26.2 Å². The molecule has 10 radical (unpaired) electrons. The van der Waals surface area contributed by atoms with Gasteiger partial charge in [-0.2, -0.15) is 0 Å². The zero-order valence-corrected chi connectivity index (χ0v) is 29.5. The van der Waals surface area contributed by atoms with E-state index in [4.69, 9.17) is 11.1 Å². The number of nitrogens with one attached hydrogen (secondary N) is 2. The first-order chi connectivity index (χ1) is 19.1. The summed E-state index contributed by atoms with van der Waals surface area (Å²) in [5, 5.41) is 8.94. The molecule has 0 bridgehead atoms. The molecule has 4 nitrogen and oxygen atoms in total. The van der Waals surface area contributed by atoms with Gasteiger partial charge in [-0.25, -0.2) is 0 Å². The van der Waals surface area contributed by atoms with E-state index >= 15 is 0 Å². The van der Waals surface area contributed by atoms with Crippen LogP contribution in [0.15, 0.2) is 54.6 Å². The summed E-state index contributed by atoms with van der Waals surface area (Å²) < 4.78 is 5.00. The molecule has 0 amide bonds. The van der Waals surface area contributed by atoms with Crippen molar-refractivity contribution in [3.63, 3.8) is 0 Å². The van der Waals surface area contributed by atoms with Crippen molar-refractivity contribution in [1.29, 1.82) is 5.41 Å². The van der Waals surface area contributed by atoms with Crippen molar-refractivity contribution in [3.05, 3.63) is 136 Å². The minimum absolute atomic E-state index is 0.